The second-order valence-corrected chi connectivity index (χ2v) is 8.12. The minimum absolute atomic E-state index is 0. The van der Waals surface area contributed by atoms with Crippen molar-refractivity contribution in [1.29, 1.82) is 0 Å². The van der Waals surface area contributed by atoms with E-state index in [4.69, 9.17) is 4.74 Å². The van der Waals surface area contributed by atoms with Crippen LogP contribution in [0, 0.1) is 17.7 Å². The van der Waals surface area contributed by atoms with Crippen molar-refractivity contribution in [3.05, 3.63) is 47.9 Å². The van der Waals surface area contributed by atoms with Crippen molar-refractivity contribution >= 4 is 40.6 Å². The number of aromatic nitrogens is 2. The molecule has 2 atom stereocenters. The molecule has 2 aliphatic heterocycles. The van der Waals surface area contributed by atoms with Gasteiger partial charge in [0.15, 0.2) is 0 Å². The zero-order chi connectivity index (χ0) is 20.8. The maximum atomic E-state index is 14.8. The molecule has 2 fully saturated rings. The van der Waals surface area contributed by atoms with E-state index in [2.05, 4.69) is 20.6 Å². The number of carbonyl (C=O) groups is 1. The van der Waals surface area contributed by atoms with Crippen LogP contribution in [0.2, 0.25) is 0 Å². The predicted molar refractivity (Wildman–Crippen MR) is 121 cm³/mol. The van der Waals surface area contributed by atoms with Crippen LogP contribution in [-0.2, 0) is 7.05 Å². The number of carbonyl (C=O) groups excluding carboxylic acids is 1. The zero-order valence-corrected chi connectivity index (χ0v) is 18.2. The van der Waals surface area contributed by atoms with Crippen molar-refractivity contribution in [2.75, 3.05) is 43.5 Å². The number of halogens is 2. The summed E-state index contributed by atoms with van der Waals surface area (Å²) >= 11 is 0. The van der Waals surface area contributed by atoms with Gasteiger partial charge >= 0.3 is 0 Å². The number of amides is 1. The van der Waals surface area contributed by atoms with E-state index in [0.717, 1.165) is 42.8 Å². The van der Waals surface area contributed by atoms with Crippen LogP contribution >= 0.6 is 12.4 Å². The summed E-state index contributed by atoms with van der Waals surface area (Å²) in [6, 6.07) is 8.42. The number of aryl methyl sites for hydroxylation is 1. The monoisotopic (exact) mass is 445 g/mol. The van der Waals surface area contributed by atoms with E-state index in [1.54, 1.807) is 22.9 Å². The van der Waals surface area contributed by atoms with Gasteiger partial charge in [0, 0.05) is 56.6 Å². The fraction of sp³-hybridized carbons (Fsp3) is 0.364. The number of rotatable bonds is 4. The Morgan fingerprint density at radius 2 is 1.97 bits per heavy atom. The summed E-state index contributed by atoms with van der Waals surface area (Å²) in [4.78, 5) is 15.1. The van der Waals surface area contributed by atoms with Crippen LogP contribution in [-0.4, -0.2) is 49.0 Å². The molecule has 2 aromatic carbocycles. The first kappa shape index (κ1) is 21.4. The molecule has 0 bridgehead atoms. The standard InChI is InChI=1S/C22H24FN5O2.ClH/c1-27-10-13-5-17(21(30-2)7-20(13)26-27)22(29)25-19-4-3-16(6-18(19)23)28-11-14-8-24-9-15(14)12-28;/h3-7,10,14-15,24H,8-9,11-12H2,1-2H3,(H,25,29);1H. The number of fused-ring (bicyclic) bond motifs is 2. The summed E-state index contributed by atoms with van der Waals surface area (Å²) < 4.78 is 21.8. The van der Waals surface area contributed by atoms with Crippen molar-refractivity contribution in [3.8, 4) is 5.75 Å². The maximum Gasteiger partial charge on any atom is 0.259 e. The Bertz CT molecular complexity index is 1120. The summed E-state index contributed by atoms with van der Waals surface area (Å²) in [5.41, 5.74) is 2.07. The number of nitrogens with one attached hydrogen (secondary N) is 2. The lowest BCUT2D eigenvalue weighted by Crippen LogP contribution is -2.25. The molecule has 3 aromatic rings. The van der Waals surface area contributed by atoms with Gasteiger partial charge in [-0.05, 0) is 36.1 Å². The Labute approximate surface area is 186 Å². The van der Waals surface area contributed by atoms with Crippen molar-refractivity contribution in [3.63, 3.8) is 0 Å². The molecule has 164 valence electrons. The van der Waals surface area contributed by atoms with Gasteiger partial charge in [-0.2, -0.15) is 5.10 Å². The Hall–Kier alpha value is -2.84. The third-order valence-corrected chi connectivity index (χ3v) is 6.14. The summed E-state index contributed by atoms with van der Waals surface area (Å²) in [6.45, 7) is 3.93. The van der Waals surface area contributed by atoms with Gasteiger partial charge in [-0.3, -0.25) is 9.48 Å². The topological polar surface area (TPSA) is 71.4 Å². The van der Waals surface area contributed by atoms with Gasteiger partial charge in [0.2, 0.25) is 0 Å². The normalized spacial score (nSPS) is 19.9. The maximum absolute atomic E-state index is 14.8. The van der Waals surface area contributed by atoms with Crippen LogP contribution in [0.25, 0.3) is 10.9 Å². The third-order valence-electron chi connectivity index (χ3n) is 6.14. The van der Waals surface area contributed by atoms with Crippen LogP contribution in [0.15, 0.2) is 36.5 Å². The van der Waals surface area contributed by atoms with Gasteiger partial charge in [0.05, 0.1) is 23.9 Å². The fourth-order valence-corrected chi connectivity index (χ4v) is 4.58. The highest BCUT2D eigenvalue weighted by atomic mass is 35.5. The van der Waals surface area contributed by atoms with Crippen LogP contribution in [0.4, 0.5) is 15.8 Å². The van der Waals surface area contributed by atoms with Crippen molar-refractivity contribution in [1.82, 2.24) is 15.1 Å². The molecule has 1 aromatic heterocycles. The Morgan fingerprint density at radius 1 is 1.23 bits per heavy atom. The van der Waals surface area contributed by atoms with Gasteiger partial charge in [0.25, 0.3) is 5.91 Å². The molecular weight excluding hydrogens is 421 g/mol. The van der Waals surface area contributed by atoms with Gasteiger partial charge < -0.3 is 20.3 Å². The first-order valence-corrected chi connectivity index (χ1v) is 10.1. The molecule has 2 unspecified atom stereocenters. The van der Waals surface area contributed by atoms with Crippen LogP contribution in [0.1, 0.15) is 10.4 Å². The van der Waals surface area contributed by atoms with Crippen LogP contribution < -0.4 is 20.3 Å². The molecule has 7 nitrogen and oxygen atoms in total. The molecule has 2 aliphatic rings. The molecular formula is C22H25ClFN5O2. The summed E-state index contributed by atoms with van der Waals surface area (Å²) in [7, 11) is 3.31. The summed E-state index contributed by atoms with van der Waals surface area (Å²) in [6.07, 6.45) is 1.82. The van der Waals surface area contributed by atoms with E-state index in [0.29, 0.717) is 23.1 Å². The van der Waals surface area contributed by atoms with Gasteiger partial charge in [-0.1, -0.05) is 0 Å². The fourth-order valence-electron chi connectivity index (χ4n) is 4.58. The molecule has 5 rings (SSSR count). The van der Waals surface area contributed by atoms with Gasteiger partial charge in [-0.15, -0.1) is 12.4 Å². The highest BCUT2D eigenvalue weighted by Crippen LogP contribution is 2.32. The number of nitrogens with zero attached hydrogens (tertiary/aromatic N) is 3. The molecule has 9 heteroatoms. The SMILES string of the molecule is COc1cc2nn(C)cc2cc1C(=O)Nc1ccc(N2CC3CNCC3C2)cc1F.Cl. The van der Waals surface area contributed by atoms with E-state index < -0.39 is 11.7 Å². The number of benzene rings is 2. The summed E-state index contributed by atoms with van der Waals surface area (Å²) in [5, 5.41) is 11.2. The van der Waals surface area contributed by atoms with E-state index in [1.807, 2.05) is 19.3 Å². The number of hydrogen-bond donors (Lipinski definition) is 2. The lowest BCUT2D eigenvalue weighted by molar-refractivity contribution is 0.102. The van der Waals surface area contributed by atoms with Crippen LogP contribution in [0.3, 0.4) is 0 Å². The second-order valence-electron chi connectivity index (χ2n) is 8.12. The second kappa shape index (κ2) is 8.36. The summed E-state index contributed by atoms with van der Waals surface area (Å²) in [5.74, 6) is 0.779. The molecule has 0 saturated carbocycles. The first-order chi connectivity index (χ1) is 14.5. The van der Waals surface area contributed by atoms with Gasteiger partial charge in [0.1, 0.15) is 11.6 Å². The highest BCUT2D eigenvalue weighted by molar-refractivity contribution is 6.08. The Kier molecular flexibility index (Phi) is 5.77. The molecule has 1 amide bonds. The smallest absolute Gasteiger partial charge is 0.259 e. The van der Waals surface area contributed by atoms with Crippen molar-refractivity contribution in [2.45, 2.75) is 0 Å². The quantitative estimate of drug-likeness (QED) is 0.646. The van der Waals surface area contributed by atoms with E-state index in [1.165, 1.54) is 13.2 Å². The molecule has 0 aliphatic carbocycles. The Morgan fingerprint density at radius 3 is 2.65 bits per heavy atom. The number of ether oxygens (including phenoxy) is 1. The highest BCUT2D eigenvalue weighted by Gasteiger charge is 2.36. The zero-order valence-electron chi connectivity index (χ0n) is 17.4. The first-order valence-electron chi connectivity index (χ1n) is 10.1. The van der Waals surface area contributed by atoms with Crippen LogP contribution in [0.5, 0.6) is 5.75 Å². The third kappa shape index (κ3) is 3.93. The van der Waals surface area contributed by atoms with E-state index in [9.17, 15) is 9.18 Å². The molecule has 31 heavy (non-hydrogen) atoms. The largest absolute Gasteiger partial charge is 0.496 e. The van der Waals surface area contributed by atoms with Crippen molar-refractivity contribution < 1.29 is 13.9 Å². The van der Waals surface area contributed by atoms with Crippen molar-refractivity contribution in [2.24, 2.45) is 18.9 Å². The lowest BCUT2D eigenvalue weighted by Gasteiger charge is -2.20. The molecule has 3 heterocycles. The minimum Gasteiger partial charge on any atom is -0.496 e. The minimum atomic E-state index is -0.447. The van der Waals surface area contributed by atoms with E-state index >= 15 is 0 Å². The molecule has 2 saturated heterocycles. The Balaban J connectivity index is 0.00000231. The molecule has 2 N–H and O–H groups in total. The lowest BCUT2D eigenvalue weighted by atomic mass is 10.0. The number of hydrogen-bond acceptors (Lipinski definition) is 5. The average Bonchev–Trinajstić information content (AvgIpc) is 3.41. The average molecular weight is 446 g/mol. The van der Waals surface area contributed by atoms with Gasteiger partial charge in [-0.25, -0.2) is 4.39 Å². The number of anilines is 2. The number of methoxy groups -OCH3 is 1. The molecule has 0 spiro atoms. The predicted octanol–water partition coefficient (Wildman–Crippen LogP) is 3.05. The molecule has 0 radical (unpaired) electrons. The van der Waals surface area contributed by atoms with E-state index in [-0.39, 0.29) is 18.1 Å².